The normalized spacial score (nSPS) is 11.8. The summed E-state index contributed by atoms with van der Waals surface area (Å²) in [7, 11) is 0. The fraction of sp³-hybridized carbons (Fsp3) is 0.370. The molecule has 2 aromatic carbocycles. The van der Waals surface area contributed by atoms with Crippen molar-refractivity contribution < 1.29 is 13.2 Å². The lowest BCUT2D eigenvalue weighted by Crippen LogP contribution is -2.48. The average molecular weight is 454 g/mol. The standard InChI is InChI=1S/C18H18BF3.C9H16N2/c1-3-7-17(18(20,21)22)19(15-8-5-4-6-9-15)16-12-10-14(2)11-13-16;1-8(2)4-3-5-9-6-10-7-11-9/h4-13H,3H2,1-2H3;6-8H,3-5H2,1-2H3,(H,10,11). The molecule has 0 unspecified atom stereocenters. The number of aryl methyl sites for hydroxylation is 2. The van der Waals surface area contributed by atoms with Gasteiger partial charge < -0.3 is 4.98 Å². The second kappa shape index (κ2) is 13.1. The first-order chi connectivity index (χ1) is 15.7. The second-order valence-electron chi connectivity index (χ2n) is 8.68. The smallest absolute Gasteiger partial charge is 0.348 e. The number of aromatic amines is 1. The minimum absolute atomic E-state index is 0.351. The third-order valence-corrected chi connectivity index (χ3v) is 5.39. The van der Waals surface area contributed by atoms with Crippen LogP contribution in [0.2, 0.25) is 0 Å². The van der Waals surface area contributed by atoms with Crippen LogP contribution in [-0.4, -0.2) is 22.9 Å². The minimum atomic E-state index is -4.35. The van der Waals surface area contributed by atoms with Crippen molar-refractivity contribution in [3.63, 3.8) is 0 Å². The van der Waals surface area contributed by atoms with Gasteiger partial charge in [0.05, 0.1) is 6.33 Å². The van der Waals surface area contributed by atoms with Gasteiger partial charge in [0, 0.05) is 17.4 Å². The number of imidazole rings is 1. The number of hydrogen-bond acceptors (Lipinski definition) is 1. The summed E-state index contributed by atoms with van der Waals surface area (Å²) in [4.78, 5) is 7.06. The van der Waals surface area contributed by atoms with Crippen LogP contribution in [0, 0.1) is 12.8 Å². The Balaban J connectivity index is 0.000000294. The van der Waals surface area contributed by atoms with E-state index in [9.17, 15) is 13.2 Å². The van der Waals surface area contributed by atoms with Crippen molar-refractivity contribution in [1.82, 2.24) is 9.97 Å². The van der Waals surface area contributed by atoms with Crippen LogP contribution < -0.4 is 10.9 Å². The Morgan fingerprint density at radius 1 is 1.03 bits per heavy atom. The van der Waals surface area contributed by atoms with Gasteiger partial charge in [0.25, 0.3) is 0 Å². The summed E-state index contributed by atoms with van der Waals surface area (Å²) in [6.45, 7) is 7.37. The van der Waals surface area contributed by atoms with Crippen LogP contribution in [0.1, 0.15) is 51.3 Å². The Morgan fingerprint density at radius 3 is 2.18 bits per heavy atom. The molecule has 176 valence electrons. The maximum atomic E-state index is 13.5. The van der Waals surface area contributed by atoms with Gasteiger partial charge >= 0.3 is 6.18 Å². The van der Waals surface area contributed by atoms with E-state index in [-0.39, 0.29) is 0 Å². The van der Waals surface area contributed by atoms with Crippen molar-refractivity contribution in [1.29, 1.82) is 0 Å². The average Bonchev–Trinajstić information content (AvgIpc) is 3.28. The number of benzene rings is 2. The van der Waals surface area contributed by atoms with Crippen molar-refractivity contribution in [3.8, 4) is 0 Å². The van der Waals surface area contributed by atoms with Gasteiger partial charge in [0.1, 0.15) is 0 Å². The van der Waals surface area contributed by atoms with Crippen molar-refractivity contribution in [2.24, 2.45) is 5.92 Å². The van der Waals surface area contributed by atoms with E-state index < -0.39 is 18.4 Å². The number of nitrogens with zero attached hydrogens (tertiary/aromatic N) is 1. The van der Waals surface area contributed by atoms with E-state index in [0.717, 1.165) is 17.9 Å². The van der Waals surface area contributed by atoms with Gasteiger partial charge in [-0.05, 0) is 32.1 Å². The quantitative estimate of drug-likeness (QED) is 0.391. The molecule has 0 bridgehead atoms. The molecule has 2 nitrogen and oxygen atoms in total. The highest BCUT2D eigenvalue weighted by Crippen LogP contribution is 2.28. The lowest BCUT2D eigenvalue weighted by Gasteiger charge is -2.21. The first-order valence-electron chi connectivity index (χ1n) is 11.6. The van der Waals surface area contributed by atoms with Gasteiger partial charge in [-0.1, -0.05) is 104 Å². The summed E-state index contributed by atoms with van der Waals surface area (Å²) in [6.07, 6.45) is 4.64. The Kier molecular flexibility index (Phi) is 10.5. The number of alkyl halides is 3. The van der Waals surface area contributed by atoms with Gasteiger partial charge in [-0.15, -0.1) is 0 Å². The molecule has 0 aliphatic carbocycles. The summed E-state index contributed by atoms with van der Waals surface area (Å²) in [6, 6.07) is 16.1. The van der Waals surface area contributed by atoms with E-state index in [1.54, 1.807) is 49.6 Å². The molecule has 0 saturated heterocycles. The summed E-state index contributed by atoms with van der Waals surface area (Å²) in [5.74, 6) is 0.818. The molecule has 0 radical (unpaired) electrons. The molecule has 1 heterocycles. The van der Waals surface area contributed by atoms with Crippen molar-refractivity contribution in [2.75, 3.05) is 0 Å². The van der Waals surface area contributed by atoms with E-state index >= 15 is 0 Å². The monoisotopic (exact) mass is 454 g/mol. The first kappa shape index (κ1) is 26.5. The summed E-state index contributed by atoms with van der Waals surface area (Å²) in [5.41, 5.74) is 3.11. The number of halogens is 3. The third-order valence-electron chi connectivity index (χ3n) is 5.39. The van der Waals surface area contributed by atoms with Gasteiger partial charge in [0.15, 0.2) is 0 Å². The highest BCUT2D eigenvalue weighted by Gasteiger charge is 2.41. The van der Waals surface area contributed by atoms with Gasteiger partial charge in [-0.3, -0.25) is 0 Å². The maximum Gasteiger partial charge on any atom is 0.405 e. The zero-order valence-corrected chi connectivity index (χ0v) is 20.0. The molecular formula is C27H34BF3N2. The fourth-order valence-electron chi connectivity index (χ4n) is 3.70. The molecule has 0 aliphatic heterocycles. The summed E-state index contributed by atoms with van der Waals surface area (Å²) >= 11 is 0. The molecule has 1 aromatic heterocycles. The van der Waals surface area contributed by atoms with Crippen molar-refractivity contribution in [3.05, 3.63) is 89.9 Å². The molecule has 0 amide bonds. The second-order valence-corrected chi connectivity index (χ2v) is 8.68. The number of H-pyrrole nitrogens is 1. The van der Waals surface area contributed by atoms with Gasteiger partial charge in [-0.25, -0.2) is 4.98 Å². The number of hydrogen-bond donors (Lipinski definition) is 1. The van der Waals surface area contributed by atoms with Crippen molar-refractivity contribution in [2.45, 2.75) is 59.6 Å². The molecule has 3 rings (SSSR count). The maximum absolute atomic E-state index is 13.5. The van der Waals surface area contributed by atoms with E-state index in [1.165, 1.54) is 24.6 Å². The fourth-order valence-corrected chi connectivity index (χ4v) is 3.70. The SMILES string of the molecule is CC(C)CCCc1cnc[nH]1.CCC=C(B(c1ccccc1)c1ccc(C)cc1)C(F)(F)F. The van der Waals surface area contributed by atoms with E-state index in [1.807, 2.05) is 31.3 Å². The van der Waals surface area contributed by atoms with Crippen LogP contribution in [0.4, 0.5) is 13.2 Å². The predicted molar refractivity (Wildman–Crippen MR) is 133 cm³/mol. The number of rotatable bonds is 8. The van der Waals surface area contributed by atoms with E-state index in [4.69, 9.17) is 0 Å². The number of nitrogens with one attached hydrogen (secondary N) is 1. The zero-order valence-electron chi connectivity index (χ0n) is 20.0. The highest BCUT2D eigenvalue weighted by molar-refractivity contribution is 6.91. The molecular weight excluding hydrogens is 420 g/mol. The Hall–Kier alpha value is -2.76. The van der Waals surface area contributed by atoms with E-state index in [0.29, 0.717) is 17.3 Å². The minimum Gasteiger partial charge on any atom is -0.348 e. The summed E-state index contributed by atoms with van der Waals surface area (Å²) in [5, 5.41) is 0. The van der Waals surface area contributed by atoms with Crippen molar-refractivity contribution >= 4 is 17.6 Å². The molecule has 33 heavy (non-hydrogen) atoms. The molecule has 0 fully saturated rings. The molecule has 0 aliphatic rings. The molecule has 1 N–H and O–H groups in total. The van der Waals surface area contributed by atoms with Crippen LogP contribution in [-0.2, 0) is 6.42 Å². The lowest BCUT2D eigenvalue weighted by molar-refractivity contribution is -0.0853. The number of allylic oxidation sites excluding steroid dienone is 2. The third kappa shape index (κ3) is 8.95. The molecule has 0 atom stereocenters. The Morgan fingerprint density at radius 2 is 1.67 bits per heavy atom. The Labute approximate surface area is 196 Å². The number of aromatic nitrogens is 2. The topological polar surface area (TPSA) is 28.7 Å². The molecule has 0 saturated carbocycles. The van der Waals surface area contributed by atoms with Crippen LogP contribution in [0.5, 0.6) is 0 Å². The van der Waals surface area contributed by atoms with Crippen LogP contribution >= 0.6 is 0 Å². The van der Waals surface area contributed by atoms with Gasteiger partial charge in [0.2, 0.25) is 6.71 Å². The van der Waals surface area contributed by atoms with E-state index in [2.05, 4.69) is 23.8 Å². The van der Waals surface area contributed by atoms with Crippen LogP contribution in [0.25, 0.3) is 0 Å². The largest absolute Gasteiger partial charge is 0.405 e. The molecule has 0 spiro atoms. The zero-order chi connectivity index (χ0) is 24.3. The molecule has 6 heteroatoms. The Bertz CT molecular complexity index is 947. The lowest BCUT2D eigenvalue weighted by atomic mass is 9.36. The highest BCUT2D eigenvalue weighted by atomic mass is 19.4. The molecule has 3 aromatic rings. The summed E-state index contributed by atoms with van der Waals surface area (Å²) < 4.78 is 40.6. The van der Waals surface area contributed by atoms with Gasteiger partial charge in [-0.2, -0.15) is 13.2 Å². The predicted octanol–water partition coefficient (Wildman–Crippen LogP) is 6.43. The van der Waals surface area contributed by atoms with Crippen LogP contribution in [0.3, 0.4) is 0 Å². The first-order valence-corrected chi connectivity index (χ1v) is 11.6. The van der Waals surface area contributed by atoms with Crippen LogP contribution in [0.15, 0.2) is 78.7 Å².